The number of rotatable bonds is 7. The first-order valence-electron chi connectivity index (χ1n) is 5.78. The van der Waals surface area contributed by atoms with Gasteiger partial charge in [0.25, 0.3) is 0 Å². The molecule has 1 aromatic carbocycles. The van der Waals surface area contributed by atoms with Crippen molar-refractivity contribution in [2.45, 2.75) is 24.3 Å². The second-order valence-electron chi connectivity index (χ2n) is 4.20. The lowest BCUT2D eigenvalue weighted by atomic mass is 10.2. The Morgan fingerprint density at radius 1 is 1.50 bits per heavy atom. The number of carboxylic acids is 1. The fourth-order valence-electron chi connectivity index (χ4n) is 1.58. The molecule has 1 atom stereocenters. The van der Waals surface area contributed by atoms with E-state index < -0.39 is 22.0 Å². The van der Waals surface area contributed by atoms with E-state index in [4.69, 9.17) is 16.7 Å². The molecule has 20 heavy (non-hydrogen) atoms. The van der Waals surface area contributed by atoms with Gasteiger partial charge in [0.1, 0.15) is 6.04 Å². The molecule has 8 heteroatoms. The maximum atomic E-state index is 12.2. The number of carboxylic acid groups (broad SMARTS) is 1. The van der Waals surface area contributed by atoms with Crippen LogP contribution in [0.15, 0.2) is 23.1 Å². The van der Waals surface area contributed by atoms with Gasteiger partial charge in [0, 0.05) is 5.02 Å². The number of carbonyl (C=O) groups is 1. The summed E-state index contributed by atoms with van der Waals surface area (Å²) in [6.07, 6.45) is 2.05. The zero-order chi connectivity index (χ0) is 15.3. The van der Waals surface area contributed by atoms with Crippen LogP contribution in [0.25, 0.3) is 0 Å². The van der Waals surface area contributed by atoms with Gasteiger partial charge in [0.2, 0.25) is 10.0 Å². The number of thioether (sulfide) groups is 1. The highest BCUT2D eigenvalue weighted by Crippen LogP contribution is 2.20. The number of hydrogen-bond donors (Lipinski definition) is 2. The van der Waals surface area contributed by atoms with Crippen molar-refractivity contribution < 1.29 is 18.3 Å². The number of halogens is 1. The number of sulfonamides is 1. The van der Waals surface area contributed by atoms with Gasteiger partial charge in [-0.05, 0) is 43.0 Å². The van der Waals surface area contributed by atoms with Crippen LogP contribution >= 0.6 is 23.4 Å². The summed E-state index contributed by atoms with van der Waals surface area (Å²) in [5.74, 6) is -0.643. The minimum Gasteiger partial charge on any atom is -0.480 e. The van der Waals surface area contributed by atoms with E-state index in [1.54, 1.807) is 19.1 Å². The Balaban J connectivity index is 3.03. The Bertz CT molecular complexity index is 589. The number of aryl methyl sites for hydroxylation is 1. The van der Waals surface area contributed by atoms with E-state index in [-0.39, 0.29) is 16.3 Å². The largest absolute Gasteiger partial charge is 0.480 e. The number of benzene rings is 1. The minimum atomic E-state index is -3.91. The normalized spacial score (nSPS) is 13.2. The maximum absolute atomic E-state index is 12.2. The van der Waals surface area contributed by atoms with Crippen molar-refractivity contribution in [1.29, 1.82) is 0 Å². The molecule has 0 saturated heterocycles. The molecule has 0 amide bonds. The summed E-state index contributed by atoms with van der Waals surface area (Å²) < 4.78 is 26.7. The standard InChI is InChI=1S/C12H16ClNO4S2/c1-8-3-4-9(13)7-11(8)20(17,18)14-10(12(15)16)5-6-19-2/h3-4,7,10,14H,5-6H2,1-2H3,(H,15,16)/t10-/m1/s1. The van der Waals surface area contributed by atoms with Gasteiger partial charge in [-0.3, -0.25) is 4.79 Å². The molecule has 0 aliphatic heterocycles. The quantitative estimate of drug-likeness (QED) is 0.796. The topological polar surface area (TPSA) is 83.5 Å². The third kappa shape index (κ3) is 4.66. The predicted molar refractivity (Wildman–Crippen MR) is 80.9 cm³/mol. The van der Waals surface area contributed by atoms with E-state index >= 15 is 0 Å². The van der Waals surface area contributed by atoms with Gasteiger partial charge in [0.15, 0.2) is 0 Å². The maximum Gasteiger partial charge on any atom is 0.321 e. The van der Waals surface area contributed by atoms with Gasteiger partial charge in [-0.25, -0.2) is 8.42 Å². The first kappa shape index (κ1) is 17.3. The van der Waals surface area contributed by atoms with E-state index in [2.05, 4.69) is 4.72 Å². The molecule has 0 unspecified atom stereocenters. The molecule has 0 spiro atoms. The average Bonchev–Trinajstić information content (AvgIpc) is 2.36. The Kier molecular flexibility index (Phi) is 6.32. The Morgan fingerprint density at radius 3 is 2.70 bits per heavy atom. The molecular formula is C12H16ClNO4S2. The Labute approximate surface area is 127 Å². The smallest absolute Gasteiger partial charge is 0.321 e. The highest BCUT2D eigenvalue weighted by atomic mass is 35.5. The van der Waals surface area contributed by atoms with Gasteiger partial charge in [0.05, 0.1) is 4.90 Å². The highest BCUT2D eigenvalue weighted by Gasteiger charge is 2.26. The fourth-order valence-corrected chi connectivity index (χ4v) is 3.79. The molecule has 1 rings (SSSR count). The molecule has 0 heterocycles. The minimum absolute atomic E-state index is 0.000372. The summed E-state index contributed by atoms with van der Waals surface area (Å²) in [5.41, 5.74) is 0.510. The van der Waals surface area contributed by atoms with Crippen molar-refractivity contribution in [3.8, 4) is 0 Å². The van der Waals surface area contributed by atoms with Crippen molar-refractivity contribution >= 4 is 39.4 Å². The SMILES string of the molecule is CSCC[C@@H](NS(=O)(=O)c1cc(Cl)ccc1C)C(=O)O. The first-order chi connectivity index (χ1) is 9.27. The highest BCUT2D eigenvalue weighted by molar-refractivity contribution is 7.98. The lowest BCUT2D eigenvalue weighted by Gasteiger charge is -2.15. The van der Waals surface area contributed by atoms with Gasteiger partial charge < -0.3 is 5.11 Å². The van der Waals surface area contributed by atoms with E-state index in [0.717, 1.165) is 0 Å². The second-order valence-corrected chi connectivity index (χ2v) is 7.31. The van der Waals surface area contributed by atoms with E-state index in [9.17, 15) is 13.2 Å². The van der Waals surface area contributed by atoms with Crippen molar-refractivity contribution in [3.63, 3.8) is 0 Å². The van der Waals surface area contributed by atoms with Gasteiger partial charge in [-0.15, -0.1) is 0 Å². The zero-order valence-corrected chi connectivity index (χ0v) is 13.5. The van der Waals surface area contributed by atoms with E-state index in [1.165, 1.54) is 17.8 Å². The Morgan fingerprint density at radius 2 is 2.15 bits per heavy atom. The summed E-state index contributed by atoms with van der Waals surface area (Å²) in [6.45, 7) is 1.63. The van der Waals surface area contributed by atoms with E-state index in [1.807, 2.05) is 6.26 Å². The van der Waals surface area contributed by atoms with Crippen LogP contribution in [0.4, 0.5) is 0 Å². The molecule has 2 N–H and O–H groups in total. The fraction of sp³-hybridized carbons (Fsp3) is 0.417. The first-order valence-corrected chi connectivity index (χ1v) is 9.03. The summed E-state index contributed by atoms with van der Waals surface area (Å²) in [6, 6.07) is 3.32. The molecule has 0 saturated carbocycles. The molecular weight excluding hydrogens is 322 g/mol. The van der Waals surface area contributed by atoms with Gasteiger partial charge in [-0.2, -0.15) is 16.5 Å². The second kappa shape index (κ2) is 7.31. The van der Waals surface area contributed by atoms with Crippen LogP contribution in [0.1, 0.15) is 12.0 Å². The van der Waals surface area contributed by atoms with Gasteiger partial charge in [-0.1, -0.05) is 17.7 Å². The van der Waals surface area contributed by atoms with Crippen molar-refractivity contribution in [3.05, 3.63) is 28.8 Å². The summed E-state index contributed by atoms with van der Waals surface area (Å²) in [4.78, 5) is 11.1. The Hall–Kier alpha value is -0.760. The summed E-state index contributed by atoms with van der Waals surface area (Å²) >= 11 is 7.25. The van der Waals surface area contributed by atoms with Crippen LogP contribution in [-0.2, 0) is 14.8 Å². The van der Waals surface area contributed by atoms with Crippen LogP contribution in [0.5, 0.6) is 0 Å². The van der Waals surface area contributed by atoms with Crippen LogP contribution in [0.3, 0.4) is 0 Å². The van der Waals surface area contributed by atoms with Crippen LogP contribution in [0.2, 0.25) is 5.02 Å². The number of nitrogens with one attached hydrogen (secondary N) is 1. The third-order valence-corrected chi connectivity index (χ3v) is 5.14. The molecule has 1 aromatic rings. The van der Waals surface area contributed by atoms with Crippen molar-refractivity contribution in [2.75, 3.05) is 12.0 Å². The third-order valence-electron chi connectivity index (χ3n) is 2.65. The lowest BCUT2D eigenvalue weighted by molar-refractivity contribution is -0.139. The van der Waals surface area contributed by atoms with Crippen LogP contribution < -0.4 is 4.72 Å². The molecule has 5 nitrogen and oxygen atoms in total. The zero-order valence-electron chi connectivity index (χ0n) is 11.1. The predicted octanol–water partition coefficient (Wildman–Crippen LogP) is 2.13. The molecule has 0 radical (unpaired) electrons. The summed E-state index contributed by atoms with van der Waals surface area (Å²) in [7, 11) is -3.91. The molecule has 0 aliphatic rings. The van der Waals surface area contributed by atoms with E-state index in [0.29, 0.717) is 11.3 Å². The number of hydrogen-bond acceptors (Lipinski definition) is 4. The van der Waals surface area contributed by atoms with Crippen LogP contribution in [-0.4, -0.2) is 37.5 Å². The van der Waals surface area contributed by atoms with Crippen molar-refractivity contribution in [1.82, 2.24) is 4.72 Å². The molecule has 0 aliphatic carbocycles. The monoisotopic (exact) mass is 337 g/mol. The van der Waals surface area contributed by atoms with Gasteiger partial charge >= 0.3 is 5.97 Å². The average molecular weight is 338 g/mol. The van der Waals surface area contributed by atoms with Crippen molar-refractivity contribution in [2.24, 2.45) is 0 Å². The summed E-state index contributed by atoms with van der Waals surface area (Å²) in [5, 5.41) is 9.36. The number of aliphatic carboxylic acids is 1. The molecule has 0 fully saturated rings. The lowest BCUT2D eigenvalue weighted by Crippen LogP contribution is -2.41. The van der Waals surface area contributed by atoms with Crippen LogP contribution in [0, 0.1) is 6.92 Å². The molecule has 0 aromatic heterocycles. The molecule has 0 bridgehead atoms. The molecule has 112 valence electrons.